The molecule has 2 atom stereocenters. The van der Waals surface area contributed by atoms with Crippen LogP contribution in [0.1, 0.15) is 28.5 Å². The molecule has 4 heterocycles. The molecule has 0 saturated carbocycles. The van der Waals surface area contributed by atoms with Crippen LogP contribution in [0.5, 0.6) is 0 Å². The number of nitrogens with zero attached hydrogens (tertiary/aromatic N) is 5. The summed E-state index contributed by atoms with van der Waals surface area (Å²) in [5, 5.41) is 4.94. The third-order valence-electron chi connectivity index (χ3n) is 13.3. The molecule has 0 amide bonds. The fourth-order valence-electron chi connectivity index (χ4n) is 10.1. The number of hydrogen-bond acceptors (Lipinski definition) is 5. The molecule has 1 aliphatic carbocycles. The van der Waals surface area contributed by atoms with E-state index in [9.17, 15) is 0 Å². The molecule has 4 aromatic heterocycles. The van der Waals surface area contributed by atoms with E-state index in [4.69, 9.17) is 19.9 Å². The van der Waals surface area contributed by atoms with Crippen molar-refractivity contribution in [2.45, 2.75) is 11.8 Å². The zero-order chi connectivity index (χ0) is 45.0. The minimum absolute atomic E-state index is 0.0274. The smallest absolute Gasteiger partial charge is 0.166 e. The van der Waals surface area contributed by atoms with Gasteiger partial charge in [0.25, 0.3) is 0 Å². The predicted octanol–water partition coefficient (Wildman–Crippen LogP) is 15.9. The van der Waals surface area contributed by atoms with Gasteiger partial charge in [-0.2, -0.15) is 0 Å². The molecule has 1 aliphatic rings. The van der Waals surface area contributed by atoms with Crippen molar-refractivity contribution in [3.05, 3.63) is 253 Å². The second-order valence-corrected chi connectivity index (χ2v) is 18.4. The number of pyridine rings is 1. The standard InChI is InChI=1S/C62H41N5S/c1-6-18-40(19-7-1)44-30-32-48(41-20-8-2-9-21-41)50(36-44)46-38-52(62-65-60(42-22-10-3-11-23-42)64-61(66-62)43-24-12-4-13-25-43)59(63-39-46)45-31-34-55-51(37-45)58-56(68-55)35-33-54-57(58)49-28-16-17-29-53(49)67(54)47-26-14-5-15-27-47/h1-39,48,50H. The van der Waals surface area contributed by atoms with Gasteiger partial charge < -0.3 is 4.57 Å². The molecule has 8 aromatic carbocycles. The Morgan fingerprint density at radius 1 is 0.426 bits per heavy atom. The number of thiophene rings is 1. The van der Waals surface area contributed by atoms with Crippen molar-refractivity contribution >= 4 is 58.9 Å². The Labute approximate surface area is 397 Å². The Bertz CT molecular complexity index is 3840. The molecule has 0 fully saturated rings. The first kappa shape index (κ1) is 39.8. The van der Waals surface area contributed by atoms with Crippen LogP contribution in [0.25, 0.3) is 98.7 Å². The molecule has 6 heteroatoms. The van der Waals surface area contributed by atoms with Crippen LogP contribution in [0.4, 0.5) is 0 Å². The molecule has 0 N–H and O–H groups in total. The summed E-state index contributed by atoms with van der Waals surface area (Å²) in [6, 6.07) is 75.0. The second kappa shape index (κ2) is 16.7. The van der Waals surface area contributed by atoms with Gasteiger partial charge >= 0.3 is 0 Å². The van der Waals surface area contributed by atoms with Crippen molar-refractivity contribution in [3.63, 3.8) is 0 Å². The number of rotatable bonds is 8. The van der Waals surface area contributed by atoms with Crippen LogP contribution in [-0.2, 0) is 0 Å². The largest absolute Gasteiger partial charge is 0.309 e. The molecule has 13 rings (SSSR count). The van der Waals surface area contributed by atoms with E-state index in [1.165, 1.54) is 58.7 Å². The summed E-state index contributed by atoms with van der Waals surface area (Å²) >= 11 is 1.84. The highest BCUT2D eigenvalue weighted by Crippen LogP contribution is 2.47. The number of hydrogen-bond donors (Lipinski definition) is 0. The lowest BCUT2D eigenvalue weighted by Gasteiger charge is -2.28. The first-order valence-corrected chi connectivity index (χ1v) is 23.9. The number of para-hydroxylation sites is 2. The zero-order valence-electron chi connectivity index (χ0n) is 36.8. The van der Waals surface area contributed by atoms with Gasteiger partial charge in [-0.15, -0.1) is 11.3 Å². The van der Waals surface area contributed by atoms with E-state index in [0.717, 1.165) is 39.2 Å². The van der Waals surface area contributed by atoms with E-state index in [2.05, 4.69) is 205 Å². The fraction of sp³-hybridized carbons (Fsp3) is 0.0323. The van der Waals surface area contributed by atoms with E-state index in [-0.39, 0.29) is 11.8 Å². The van der Waals surface area contributed by atoms with Crippen molar-refractivity contribution < 1.29 is 0 Å². The molecule has 5 nitrogen and oxygen atoms in total. The average Bonchev–Trinajstić information content (AvgIpc) is 3.97. The van der Waals surface area contributed by atoms with Gasteiger partial charge in [-0.1, -0.05) is 182 Å². The van der Waals surface area contributed by atoms with Crippen LogP contribution in [-0.4, -0.2) is 24.5 Å². The molecule has 0 bridgehead atoms. The van der Waals surface area contributed by atoms with Gasteiger partial charge in [0.2, 0.25) is 0 Å². The van der Waals surface area contributed by atoms with E-state index in [1.54, 1.807) is 0 Å². The Hall–Kier alpha value is -8.58. The molecule has 0 saturated heterocycles. The number of allylic oxidation sites excluding steroid dienone is 4. The van der Waals surface area contributed by atoms with Gasteiger partial charge in [0, 0.05) is 76.9 Å². The first-order chi connectivity index (χ1) is 33.7. The first-order valence-electron chi connectivity index (χ1n) is 23.0. The summed E-state index contributed by atoms with van der Waals surface area (Å²) in [5.74, 6) is 1.84. The van der Waals surface area contributed by atoms with Crippen molar-refractivity contribution in [2.75, 3.05) is 0 Å². The highest BCUT2D eigenvalue weighted by atomic mass is 32.1. The molecule has 2 unspecified atom stereocenters. The van der Waals surface area contributed by atoms with E-state index in [1.807, 2.05) is 47.7 Å². The van der Waals surface area contributed by atoms with Crippen LogP contribution < -0.4 is 0 Å². The van der Waals surface area contributed by atoms with Crippen molar-refractivity contribution in [1.82, 2.24) is 24.5 Å². The molecule has 0 spiro atoms. The maximum absolute atomic E-state index is 5.50. The minimum atomic E-state index is -0.0274. The topological polar surface area (TPSA) is 56.5 Å². The summed E-state index contributed by atoms with van der Waals surface area (Å²) in [6.45, 7) is 0. The maximum atomic E-state index is 5.50. The summed E-state index contributed by atoms with van der Waals surface area (Å²) in [7, 11) is 0. The fourth-order valence-corrected chi connectivity index (χ4v) is 11.2. The lowest BCUT2D eigenvalue weighted by Crippen LogP contribution is -2.12. The molecule has 0 radical (unpaired) electrons. The van der Waals surface area contributed by atoms with Crippen molar-refractivity contribution in [3.8, 4) is 51.1 Å². The molecular formula is C62H41N5S. The zero-order valence-corrected chi connectivity index (χ0v) is 37.6. The van der Waals surface area contributed by atoms with Crippen molar-refractivity contribution in [2.24, 2.45) is 0 Å². The number of aromatic nitrogens is 5. The van der Waals surface area contributed by atoms with Crippen LogP contribution in [0, 0.1) is 0 Å². The summed E-state index contributed by atoms with van der Waals surface area (Å²) in [4.78, 5) is 21.3. The van der Waals surface area contributed by atoms with Gasteiger partial charge in [0.1, 0.15) is 0 Å². The Balaban J connectivity index is 1.06. The van der Waals surface area contributed by atoms with Crippen LogP contribution in [0.15, 0.2) is 237 Å². The van der Waals surface area contributed by atoms with Crippen LogP contribution in [0.2, 0.25) is 0 Å². The Morgan fingerprint density at radius 2 is 1.03 bits per heavy atom. The molecule has 320 valence electrons. The van der Waals surface area contributed by atoms with Crippen LogP contribution in [0.3, 0.4) is 0 Å². The third-order valence-corrected chi connectivity index (χ3v) is 14.4. The lowest BCUT2D eigenvalue weighted by atomic mass is 9.76. The highest BCUT2D eigenvalue weighted by Gasteiger charge is 2.28. The normalized spacial score (nSPS) is 14.8. The summed E-state index contributed by atoms with van der Waals surface area (Å²) in [5.41, 5.74) is 12.7. The van der Waals surface area contributed by atoms with Crippen molar-refractivity contribution in [1.29, 1.82) is 0 Å². The van der Waals surface area contributed by atoms with Gasteiger partial charge in [-0.3, -0.25) is 4.98 Å². The van der Waals surface area contributed by atoms with Gasteiger partial charge in [-0.25, -0.2) is 15.0 Å². The van der Waals surface area contributed by atoms with Gasteiger partial charge in [-0.05, 0) is 70.8 Å². The van der Waals surface area contributed by atoms with Gasteiger partial charge in [0.15, 0.2) is 17.5 Å². The monoisotopic (exact) mass is 887 g/mol. The van der Waals surface area contributed by atoms with Gasteiger partial charge in [0.05, 0.1) is 16.7 Å². The predicted molar refractivity (Wildman–Crippen MR) is 282 cm³/mol. The molecule has 68 heavy (non-hydrogen) atoms. The lowest BCUT2D eigenvalue weighted by molar-refractivity contribution is 0.729. The van der Waals surface area contributed by atoms with E-state index >= 15 is 0 Å². The second-order valence-electron chi connectivity index (χ2n) is 17.3. The van der Waals surface area contributed by atoms with E-state index < -0.39 is 0 Å². The quantitative estimate of drug-likeness (QED) is 0.153. The van der Waals surface area contributed by atoms with Crippen LogP contribution >= 0.6 is 11.3 Å². The Kier molecular flexibility index (Phi) is 9.76. The Morgan fingerprint density at radius 3 is 1.74 bits per heavy atom. The average molecular weight is 888 g/mol. The molecular weight excluding hydrogens is 847 g/mol. The number of benzene rings is 8. The molecule has 0 aliphatic heterocycles. The maximum Gasteiger partial charge on any atom is 0.166 e. The third kappa shape index (κ3) is 6.93. The summed E-state index contributed by atoms with van der Waals surface area (Å²) in [6.07, 6.45) is 9.11. The SMILES string of the molecule is C1=CC(c2ccccc2)C(c2cnc(-c3ccc4sc5ccc6c(c7ccccc7n6-c6ccccc6)c5c4c3)c(-c3nc(-c4ccccc4)nc(-c4ccccc4)n3)c2)C=C1c1ccccc1. The minimum Gasteiger partial charge on any atom is -0.309 e. The summed E-state index contributed by atoms with van der Waals surface area (Å²) < 4.78 is 4.87. The highest BCUT2D eigenvalue weighted by molar-refractivity contribution is 7.26. The molecule has 12 aromatic rings. The van der Waals surface area contributed by atoms with E-state index in [0.29, 0.717) is 17.5 Å². The number of fused-ring (bicyclic) bond motifs is 7.